The van der Waals surface area contributed by atoms with Gasteiger partial charge in [-0.3, -0.25) is 9.59 Å². The van der Waals surface area contributed by atoms with E-state index in [4.69, 9.17) is 5.10 Å². The second-order valence-corrected chi connectivity index (χ2v) is 8.94. The predicted octanol–water partition coefficient (Wildman–Crippen LogP) is 4.78. The van der Waals surface area contributed by atoms with Gasteiger partial charge in [0, 0.05) is 27.3 Å². The molecule has 0 fully saturated rings. The quantitative estimate of drug-likeness (QED) is 0.651. The third-order valence-corrected chi connectivity index (χ3v) is 6.50. The fourth-order valence-corrected chi connectivity index (χ4v) is 4.90. The zero-order chi connectivity index (χ0) is 20.2. The van der Waals surface area contributed by atoms with Crippen LogP contribution in [-0.2, 0) is 4.79 Å². The number of fused-ring (bicyclic) bond motifs is 1. The molecule has 0 saturated heterocycles. The lowest BCUT2D eigenvalue weighted by atomic mass is 9.85. The van der Waals surface area contributed by atoms with Crippen LogP contribution in [-0.4, -0.2) is 21.5 Å². The van der Waals surface area contributed by atoms with Crippen LogP contribution in [0.5, 0.6) is 0 Å². The Bertz CT molecular complexity index is 1120. The SMILES string of the molecule is Cc1cc(C(=O)C2CC(=O)Nc3c2c(C)nn3-c2cccc(C)c2C)c(C)s1. The largest absolute Gasteiger partial charge is 0.310 e. The Morgan fingerprint density at radius 3 is 2.64 bits per heavy atom. The minimum Gasteiger partial charge on any atom is -0.310 e. The number of ketones is 1. The zero-order valence-corrected chi connectivity index (χ0v) is 17.5. The molecular formula is C22H23N3O2S. The number of aryl methyl sites for hydroxylation is 4. The van der Waals surface area contributed by atoms with Crippen LogP contribution in [0.25, 0.3) is 5.69 Å². The smallest absolute Gasteiger partial charge is 0.226 e. The van der Waals surface area contributed by atoms with E-state index >= 15 is 0 Å². The molecule has 6 heteroatoms. The Balaban J connectivity index is 1.87. The van der Waals surface area contributed by atoms with Gasteiger partial charge in [0.2, 0.25) is 5.91 Å². The Morgan fingerprint density at radius 1 is 1.21 bits per heavy atom. The third kappa shape index (κ3) is 2.88. The number of benzene rings is 1. The highest BCUT2D eigenvalue weighted by atomic mass is 32.1. The van der Waals surface area contributed by atoms with Gasteiger partial charge < -0.3 is 5.32 Å². The molecule has 144 valence electrons. The van der Waals surface area contributed by atoms with Crippen molar-refractivity contribution >= 4 is 28.8 Å². The molecule has 1 aromatic carbocycles. The van der Waals surface area contributed by atoms with Crippen molar-refractivity contribution in [1.29, 1.82) is 0 Å². The number of Topliss-reactive ketones (excluding diaryl/α,β-unsaturated/α-hetero) is 1. The molecule has 0 saturated carbocycles. The van der Waals surface area contributed by atoms with E-state index in [2.05, 4.69) is 5.32 Å². The van der Waals surface area contributed by atoms with E-state index in [1.807, 2.05) is 58.9 Å². The summed E-state index contributed by atoms with van der Waals surface area (Å²) in [5, 5.41) is 7.67. The highest BCUT2D eigenvalue weighted by Gasteiger charge is 2.37. The summed E-state index contributed by atoms with van der Waals surface area (Å²) in [7, 11) is 0. The van der Waals surface area contributed by atoms with Crippen molar-refractivity contribution in [2.45, 2.75) is 47.0 Å². The van der Waals surface area contributed by atoms with Crippen LogP contribution in [0.4, 0.5) is 5.82 Å². The average molecular weight is 394 g/mol. The van der Waals surface area contributed by atoms with Crippen LogP contribution < -0.4 is 5.32 Å². The molecule has 4 rings (SSSR count). The van der Waals surface area contributed by atoms with E-state index in [0.29, 0.717) is 11.4 Å². The van der Waals surface area contributed by atoms with Crippen LogP contribution in [0.2, 0.25) is 0 Å². The highest BCUT2D eigenvalue weighted by Crippen LogP contribution is 2.39. The van der Waals surface area contributed by atoms with E-state index in [-0.39, 0.29) is 18.1 Å². The third-order valence-electron chi connectivity index (χ3n) is 5.53. The van der Waals surface area contributed by atoms with Gasteiger partial charge in [-0.15, -0.1) is 11.3 Å². The lowest BCUT2D eigenvalue weighted by Crippen LogP contribution is -2.28. The van der Waals surface area contributed by atoms with Gasteiger partial charge in [-0.2, -0.15) is 5.10 Å². The summed E-state index contributed by atoms with van der Waals surface area (Å²) in [5.74, 6) is -0.0378. The van der Waals surface area contributed by atoms with Gasteiger partial charge in [0.15, 0.2) is 5.78 Å². The lowest BCUT2D eigenvalue weighted by molar-refractivity contribution is -0.116. The summed E-state index contributed by atoms with van der Waals surface area (Å²) < 4.78 is 1.77. The zero-order valence-electron chi connectivity index (χ0n) is 16.7. The molecule has 28 heavy (non-hydrogen) atoms. The fourth-order valence-electron chi connectivity index (χ4n) is 3.97. The number of hydrogen-bond donors (Lipinski definition) is 1. The van der Waals surface area contributed by atoms with Crippen molar-refractivity contribution in [3.8, 4) is 5.69 Å². The van der Waals surface area contributed by atoms with Crippen molar-refractivity contribution in [2.75, 3.05) is 5.32 Å². The van der Waals surface area contributed by atoms with Gasteiger partial charge in [-0.25, -0.2) is 4.68 Å². The summed E-state index contributed by atoms with van der Waals surface area (Å²) in [6, 6.07) is 7.94. The minimum absolute atomic E-state index is 0.00145. The van der Waals surface area contributed by atoms with Crippen LogP contribution in [0.15, 0.2) is 24.3 Å². The van der Waals surface area contributed by atoms with Gasteiger partial charge in [0.1, 0.15) is 5.82 Å². The Labute approximate surface area is 168 Å². The number of aromatic nitrogens is 2. The number of rotatable bonds is 3. The predicted molar refractivity (Wildman–Crippen MR) is 112 cm³/mol. The van der Waals surface area contributed by atoms with Gasteiger partial charge in [0.05, 0.1) is 17.3 Å². The fraction of sp³-hybridized carbons (Fsp3) is 0.318. The van der Waals surface area contributed by atoms with E-state index in [9.17, 15) is 9.59 Å². The number of hydrogen-bond acceptors (Lipinski definition) is 4. The van der Waals surface area contributed by atoms with E-state index in [1.165, 1.54) is 0 Å². The van der Waals surface area contributed by atoms with Crippen molar-refractivity contribution in [3.63, 3.8) is 0 Å². The summed E-state index contributed by atoms with van der Waals surface area (Å²) in [5.41, 5.74) is 5.48. The molecule has 3 heterocycles. The molecule has 1 amide bonds. The minimum atomic E-state index is -0.504. The molecule has 1 aliphatic heterocycles. The van der Waals surface area contributed by atoms with Crippen molar-refractivity contribution in [2.24, 2.45) is 0 Å². The summed E-state index contributed by atoms with van der Waals surface area (Å²) in [4.78, 5) is 28.0. The van der Waals surface area contributed by atoms with Gasteiger partial charge in [-0.05, 0) is 57.9 Å². The van der Waals surface area contributed by atoms with Crippen LogP contribution in [0.3, 0.4) is 0 Å². The van der Waals surface area contributed by atoms with Crippen LogP contribution in [0, 0.1) is 34.6 Å². The molecule has 1 atom stereocenters. The molecule has 0 spiro atoms. The highest BCUT2D eigenvalue weighted by molar-refractivity contribution is 7.12. The molecule has 1 aliphatic rings. The first-order valence-corrected chi connectivity index (χ1v) is 10.2. The van der Waals surface area contributed by atoms with E-state index < -0.39 is 5.92 Å². The van der Waals surface area contributed by atoms with E-state index in [0.717, 1.165) is 37.8 Å². The first-order valence-electron chi connectivity index (χ1n) is 9.35. The molecule has 5 nitrogen and oxygen atoms in total. The Kier molecular flexibility index (Phi) is 4.46. The standard InChI is InChI=1S/C22H23N3O2S/c1-11-7-6-8-18(13(11)3)25-22-20(14(4)24-25)17(10-19(26)23-22)21(27)16-9-12(2)28-15(16)5/h6-9,17H,10H2,1-5H3,(H,23,26). The summed E-state index contributed by atoms with van der Waals surface area (Å²) >= 11 is 1.61. The molecular weight excluding hydrogens is 370 g/mol. The number of nitrogens with zero attached hydrogens (tertiary/aromatic N) is 2. The number of amides is 1. The number of carbonyl (C=O) groups excluding carboxylic acids is 2. The van der Waals surface area contributed by atoms with Gasteiger partial charge in [0.25, 0.3) is 0 Å². The maximum atomic E-state index is 13.4. The number of anilines is 1. The normalized spacial score (nSPS) is 16.0. The second kappa shape index (κ2) is 6.71. The van der Waals surface area contributed by atoms with Crippen LogP contribution >= 0.6 is 11.3 Å². The summed E-state index contributed by atoms with van der Waals surface area (Å²) in [6.07, 6.45) is 0.152. The molecule has 1 unspecified atom stereocenters. The monoisotopic (exact) mass is 393 g/mol. The second-order valence-electron chi connectivity index (χ2n) is 7.47. The van der Waals surface area contributed by atoms with Crippen molar-refractivity contribution in [1.82, 2.24) is 9.78 Å². The number of nitrogens with one attached hydrogen (secondary N) is 1. The molecule has 0 bridgehead atoms. The molecule has 0 aliphatic carbocycles. The van der Waals surface area contributed by atoms with Crippen LogP contribution in [0.1, 0.15) is 54.8 Å². The molecule has 0 radical (unpaired) electrons. The van der Waals surface area contributed by atoms with E-state index in [1.54, 1.807) is 16.0 Å². The van der Waals surface area contributed by atoms with Crippen molar-refractivity contribution in [3.05, 3.63) is 62.0 Å². The topological polar surface area (TPSA) is 64.0 Å². The maximum Gasteiger partial charge on any atom is 0.226 e. The number of thiophene rings is 1. The van der Waals surface area contributed by atoms with Gasteiger partial charge >= 0.3 is 0 Å². The number of carbonyl (C=O) groups is 2. The maximum absolute atomic E-state index is 13.4. The molecule has 3 aromatic rings. The molecule has 1 N–H and O–H groups in total. The average Bonchev–Trinajstić information content (AvgIpc) is 3.15. The lowest BCUT2D eigenvalue weighted by Gasteiger charge is -2.23. The Hall–Kier alpha value is -2.73. The summed E-state index contributed by atoms with van der Waals surface area (Å²) in [6.45, 7) is 9.95. The van der Waals surface area contributed by atoms with Crippen molar-refractivity contribution < 1.29 is 9.59 Å². The van der Waals surface area contributed by atoms with Gasteiger partial charge in [-0.1, -0.05) is 12.1 Å². The Morgan fingerprint density at radius 2 is 1.96 bits per heavy atom. The first kappa shape index (κ1) is 18.6. The molecule has 2 aromatic heterocycles. The first-order chi connectivity index (χ1) is 13.3.